The fourth-order valence-corrected chi connectivity index (χ4v) is 3.09. The van der Waals surface area contributed by atoms with Gasteiger partial charge in [-0.2, -0.15) is 5.10 Å². The van der Waals surface area contributed by atoms with Gasteiger partial charge in [0, 0.05) is 24.7 Å². The minimum atomic E-state index is -0.574. The molecule has 0 spiro atoms. The topological polar surface area (TPSA) is 55.1 Å². The Labute approximate surface area is 144 Å². The lowest BCUT2D eigenvalue weighted by molar-refractivity contribution is -0.126. The maximum Gasteiger partial charge on any atom is 0.138 e. The Hall–Kier alpha value is -1.94. The highest BCUT2D eigenvalue weighted by Gasteiger charge is 2.26. The summed E-state index contributed by atoms with van der Waals surface area (Å²) in [7, 11) is 0. The number of rotatable bonds is 10. The predicted molar refractivity (Wildman–Crippen MR) is 96.2 cm³/mol. The van der Waals surface area contributed by atoms with Crippen LogP contribution in [0, 0.1) is 5.92 Å². The van der Waals surface area contributed by atoms with Gasteiger partial charge in [0.25, 0.3) is 0 Å². The van der Waals surface area contributed by atoms with Gasteiger partial charge in [0.1, 0.15) is 5.78 Å². The molecule has 130 valence electrons. The molecule has 1 aromatic carbocycles. The highest BCUT2D eigenvalue weighted by atomic mass is 16.3. The first kappa shape index (κ1) is 18.4. The number of benzene rings is 1. The van der Waals surface area contributed by atoms with Crippen molar-refractivity contribution in [2.75, 3.05) is 0 Å². The molecule has 0 unspecified atom stereocenters. The molecule has 0 aliphatic heterocycles. The van der Waals surface area contributed by atoms with Gasteiger partial charge in [-0.1, -0.05) is 51.3 Å². The molecule has 0 aliphatic rings. The number of Topliss-reactive ketones (excluding diaryl/α,β-unsaturated/α-hetero) is 1. The van der Waals surface area contributed by atoms with Crippen LogP contribution in [0.3, 0.4) is 0 Å². The van der Waals surface area contributed by atoms with Crippen LogP contribution in [0.2, 0.25) is 0 Å². The lowest BCUT2D eigenvalue weighted by Gasteiger charge is -2.23. The molecular formula is C20H28N2O2. The summed E-state index contributed by atoms with van der Waals surface area (Å²) in [6.45, 7) is 4.01. The third-order valence-corrected chi connectivity index (χ3v) is 4.51. The number of hydrogen-bond donors (Lipinski definition) is 1. The van der Waals surface area contributed by atoms with Crippen molar-refractivity contribution in [2.45, 2.75) is 58.5 Å². The zero-order valence-electron chi connectivity index (χ0n) is 14.7. The Morgan fingerprint density at radius 1 is 1.21 bits per heavy atom. The summed E-state index contributed by atoms with van der Waals surface area (Å²) in [5.41, 5.74) is 2.01. The van der Waals surface area contributed by atoms with E-state index in [0.29, 0.717) is 19.3 Å². The average molecular weight is 328 g/mol. The van der Waals surface area contributed by atoms with E-state index in [9.17, 15) is 9.90 Å². The van der Waals surface area contributed by atoms with Crippen molar-refractivity contribution in [2.24, 2.45) is 5.92 Å². The van der Waals surface area contributed by atoms with Gasteiger partial charge in [0.15, 0.2) is 0 Å². The molecule has 0 radical (unpaired) electrons. The average Bonchev–Trinajstić information content (AvgIpc) is 3.14. The monoisotopic (exact) mass is 328 g/mol. The molecule has 2 aromatic rings. The van der Waals surface area contributed by atoms with Gasteiger partial charge in [0.2, 0.25) is 0 Å². The quantitative estimate of drug-likeness (QED) is 0.672. The molecule has 24 heavy (non-hydrogen) atoms. The summed E-state index contributed by atoms with van der Waals surface area (Å²) in [5.74, 6) is -0.210. The fraction of sp³-hybridized carbons (Fsp3) is 0.500. The van der Waals surface area contributed by atoms with Gasteiger partial charge < -0.3 is 5.11 Å². The van der Waals surface area contributed by atoms with E-state index < -0.39 is 6.10 Å². The lowest BCUT2D eigenvalue weighted by atomic mass is 9.86. The highest BCUT2D eigenvalue weighted by Crippen LogP contribution is 2.23. The molecule has 2 atom stereocenters. The molecule has 0 aliphatic carbocycles. The predicted octanol–water partition coefficient (Wildman–Crippen LogP) is 3.95. The second-order valence-corrected chi connectivity index (χ2v) is 6.27. The summed E-state index contributed by atoms with van der Waals surface area (Å²) in [4.78, 5) is 12.4. The first-order chi connectivity index (χ1) is 11.7. The van der Waals surface area contributed by atoms with E-state index in [1.807, 2.05) is 48.1 Å². The third kappa shape index (κ3) is 4.78. The van der Waals surface area contributed by atoms with Gasteiger partial charge in [-0.15, -0.1) is 0 Å². The molecule has 4 nitrogen and oxygen atoms in total. The molecule has 2 rings (SSSR count). The molecule has 0 saturated carbocycles. The normalized spacial score (nSPS) is 13.6. The van der Waals surface area contributed by atoms with Crippen LogP contribution in [0.15, 0.2) is 42.7 Å². The molecule has 4 heteroatoms. The minimum Gasteiger partial charge on any atom is -0.392 e. The van der Waals surface area contributed by atoms with Gasteiger partial charge in [0.05, 0.1) is 11.8 Å². The molecule has 0 saturated heterocycles. The smallest absolute Gasteiger partial charge is 0.138 e. The van der Waals surface area contributed by atoms with E-state index >= 15 is 0 Å². The number of para-hydroxylation sites is 1. The SMILES string of the molecule is CCCCC[C@@H](O)[C@@H](Cc1ccccc1-n1cccn1)C(=O)CC. The molecule has 1 heterocycles. The van der Waals surface area contributed by atoms with Crippen LogP contribution in [0.1, 0.15) is 51.5 Å². The lowest BCUT2D eigenvalue weighted by Crippen LogP contribution is -2.30. The first-order valence-corrected chi connectivity index (χ1v) is 8.96. The Kier molecular flexibility index (Phi) is 7.19. The van der Waals surface area contributed by atoms with Crippen molar-refractivity contribution in [1.29, 1.82) is 0 Å². The van der Waals surface area contributed by atoms with Gasteiger partial charge in [-0.3, -0.25) is 4.79 Å². The Morgan fingerprint density at radius 3 is 2.67 bits per heavy atom. The minimum absolute atomic E-state index is 0.134. The van der Waals surface area contributed by atoms with Crippen molar-refractivity contribution in [3.8, 4) is 5.69 Å². The molecular weight excluding hydrogens is 300 g/mol. The summed E-state index contributed by atoms with van der Waals surface area (Å²) in [5, 5.41) is 14.9. The fourth-order valence-electron chi connectivity index (χ4n) is 3.09. The number of hydrogen-bond acceptors (Lipinski definition) is 3. The molecule has 0 amide bonds. The highest BCUT2D eigenvalue weighted by molar-refractivity contribution is 5.81. The summed E-state index contributed by atoms with van der Waals surface area (Å²) in [6.07, 6.45) is 7.93. The third-order valence-electron chi connectivity index (χ3n) is 4.51. The Bertz CT molecular complexity index is 622. The molecule has 1 aromatic heterocycles. The number of aromatic nitrogens is 2. The standard InChI is InChI=1S/C20H28N2O2/c1-3-5-6-12-20(24)17(19(23)4-2)15-16-10-7-8-11-18(16)22-14-9-13-21-22/h7-11,13-14,17,20,24H,3-6,12,15H2,1-2H3/t17-,20+/m0/s1. The van der Waals surface area contributed by atoms with Gasteiger partial charge in [-0.25, -0.2) is 4.68 Å². The van der Waals surface area contributed by atoms with Crippen molar-refractivity contribution < 1.29 is 9.90 Å². The van der Waals surface area contributed by atoms with Crippen molar-refractivity contribution in [1.82, 2.24) is 9.78 Å². The van der Waals surface area contributed by atoms with Crippen molar-refractivity contribution in [3.05, 3.63) is 48.3 Å². The summed E-state index contributed by atoms with van der Waals surface area (Å²) in [6, 6.07) is 9.84. The number of unbranched alkanes of at least 4 members (excludes halogenated alkanes) is 2. The van der Waals surface area contributed by atoms with E-state index in [-0.39, 0.29) is 11.7 Å². The van der Waals surface area contributed by atoms with Gasteiger partial charge >= 0.3 is 0 Å². The van der Waals surface area contributed by atoms with Crippen LogP contribution in [0.4, 0.5) is 0 Å². The van der Waals surface area contributed by atoms with Crippen molar-refractivity contribution in [3.63, 3.8) is 0 Å². The maximum absolute atomic E-state index is 12.4. The van der Waals surface area contributed by atoms with Crippen LogP contribution < -0.4 is 0 Å². The van der Waals surface area contributed by atoms with Crippen LogP contribution in [0.5, 0.6) is 0 Å². The summed E-state index contributed by atoms with van der Waals surface area (Å²) < 4.78 is 1.81. The second-order valence-electron chi connectivity index (χ2n) is 6.27. The Morgan fingerprint density at radius 2 is 2.00 bits per heavy atom. The number of carbonyl (C=O) groups is 1. The number of nitrogens with zero attached hydrogens (tertiary/aromatic N) is 2. The number of ketones is 1. The van der Waals surface area contributed by atoms with Gasteiger partial charge in [-0.05, 0) is 30.5 Å². The van der Waals surface area contributed by atoms with Crippen LogP contribution >= 0.6 is 0 Å². The van der Waals surface area contributed by atoms with Crippen LogP contribution in [-0.4, -0.2) is 26.8 Å². The van der Waals surface area contributed by atoms with E-state index in [1.165, 1.54) is 0 Å². The number of carbonyl (C=O) groups excluding carboxylic acids is 1. The first-order valence-electron chi connectivity index (χ1n) is 8.96. The second kappa shape index (κ2) is 9.38. The van der Waals surface area contributed by atoms with Crippen LogP contribution in [-0.2, 0) is 11.2 Å². The van der Waals surface area contributed by atoms with Crippen molar-refractivity contribution >= 4 is 5.78 Å². The largest absolute Gasteiger partial charge is 0.392 e. The molecule has 1 N–H and O–H groups in total. The molecule has 0 bridgehead atoms. The van der Waals surface area contributed by atoms with E-state index in [0.717, 1.165) is 30.5 Å². The van der Waals surface area contributed by atoms with E-state index in [2.05, 4.69) is 12.0 Å². The number of aliphatic hydroxyl groups is 1. The summed E-state index contributed by atoms with van der Waals surface area (Å²) >= 11 is 0. The maximum atomic E-state index is 12.4. The molecule has 0 fully saturated rings. The van der Waals surface area contributed by atoms with Crippen LogP contribution in [0.25, 0.3) is 5.69 Å². The van der Waals surface area contributed by atoms with E-state index in [1.54, 1.807) is 6.20 Å². The zero-order valence-corrected chi connectivity index (χ0v) is 14.7. The zero-order chi connectivity index (χ0) is 17.4. The van der Waals surface area contributed by atoms with E-state index in [4.69, 9.17) is 0 Å². The Balaban J connectivity index is 2.19. The number of aliphatic hydroxyl groups excluding tert-OH is 1.